The molecule has 1 aliphatic carbocycles. The number of anilines is 1. The largest absolute Gasteiger partial charge is 0.611 e. The third-order valence-corrected chi connectivity index (χ3v) is 7.41. The fourth-order valence-corrected chi connectivity index (χ4v) is 5.54. The SMILES string of the molecule is CN1C(=O)N(c2cccc(C(F)(F)F)c2)C2=C(C(=O)CC2)[C@H]1c1ccc(C#N)cc1[S+]([O-])CCO. The summed E-state index contributed by atoms with van der Waals surface area (Å²) in [6, 6.07) is 9.11. The van der Waals surface area contributed by atoms with Gasteiger partial charge in [0.1, 0.15) is 5.75 Å². The normalized spacial score (nSPS) is 19.2. The average molecular weight is 504 g/mol. The Morgan fingerprint density at radius 1 is 1.20 bits per heavy atom. The van der Waals surface area contributed by atoms with Crippen molar-refractivity contribution in [2.45, 2.75) is 30.0 Å². The third-order valence-electron chi connectivity index (χ3n) is 6.01. The number of halogens is 3. The van der Waals surface area contributed by atoms with Gasteiger partial charge >= 0.3 is 12.2 Å². The molecule has 4 rings (SSSR count). The highest BCUT2D eigenvalue weighted by Gasteiger charge is 2.46. The number of nitriles is 1. The van der Waals surface area contributed by atoms with E-state index in [4.69, 9.17) is 0 Å². The number of rotatable bonds is 5. The van der Waals surface area contributed by atoms with Gasteiger partial charge in [0.05, 0.1) is 35.5 Å². The molecule has 0 spiro atoms. The van der Waals surface area contributed by atoms with E-state index in [1.54, 1.807) is 0 Å². The van der Waals surface area contributed by atoms with Gasteiger partial charge in [0.25, 0.3) is 0 Å². The Hall–Kier alpha value is -3.33. The summed E-state index contributed by atoms with van der Waals surface area (Å²) in [5.41, 5.74) is 0.173. The molecule has 0 fully saturated rings. The van der Waals surface area contributed by atoms with E-state index in [9.17, 15) is 37.7 Å². The molecule has 0 aromatic heterocycles. The van der Waals surface area contributed by atoms with Crippen LogP contribution in [0, 0.1) is 11.3 Å². The van der Waals surface area contributed by atoms with Crippen molar-refractivity contribution in [2.75, 3.05) is 24.3 Å². The van der Waals surface area contributed by atoms with Gasteiger partial charge in [-0.2, -0.15) is 18.4 Å². The number of carbonyl (C=O) groups is 2. The first-order chi connectivity index (χ1) is 16.6. The first-order valence-electron chi connectivity index (χ1n) is 10.6. The predicted molar refractivity (Wildman–Crippen MR) is 121 cm³/mol. The smallest absolute Gasteiger partial charge is 0.416 e. The van der Waals surface area contributed by atoms with E-state index >= 15 is 0 Å². The van der Waals surface area contributed by atoms with Crippen LogP contribution in [0.3, 0.4) is 0 Å². The van der Waals surface area contributed by atoms with E-state index in [0.717, 1.165) is 17.0 Å². The Bertz CT molecular complexity index is 1270. The second kappa shape index (κ2) is 9.37. The molecule has 2 aromatic carbocycles. The Labute approximate surface area is 202 Å². The van der Waals surface area contributed by atoms with Gasteiger partial charge in [-0.05, 0) is 41.9 Å². The zero-order valence-corrected chi connectivity index (χ0v) is 19.3. The van der Waals surface area contributed by atoms with Gasteiger partial charge in [0, 0.05) is 36.4 Å². The van der Waals surface area contributed by atoms with Crippen LogP contribution in [0.2, 0.25) is 0 Å². The zero-order chi connectivity index (χ0) is 25.5. The number of hydrogen-bond acceptors (Lipinski definition) is 5. The molecule has 7 nitrogen and oxygen atoms in total. The number of benzene rings is 2. The Morgan fingerprint density at radius 2 is 1.94 bits per heavy atom. The van der Waals surface area contributed by atoms with Crippen LogP contribution in [0.25, 0.3) is 0 Å². The summed E-state index contributed by atoms with van der Waals surface area (Å²) in [7, 11) is 1.42. The summed E-state index contributed by atoms with van der Waals surface area (Å²) < 4.78 is 52.8. The van der Waals surface area contributed by atoms with Crippen LogP contribution in [0.5, 0.6) is 0 Å². The molecule has 182 valence electrons. The van der Waals surface area contributed by atoms with Crippen LogP contribution in [-0.2, 0) is 22.1 Å². The van der Waals surface area contributed by atoms with Gasteiger partial charge in [-0.3, -0.25) is 9.69 Å². The van der Waals surface area contributed by atoms with E-state index in [2.05, 4.69) is 0 Å². The molecule has 2 atom stereocenters. The van der Waals surface area contributed by atoms with Gasteiger partial charge < -0.3 is 14.6 Å². The molecule has 0 saturated heterocycles. The first kappa shape index (κ1) is 24.8. The number of nitrogens with zero attached hydrogens (tertiary/aromatic N) is 3. The van der Waals surface area contributed by atoms with Crippen molar-refractivity contribution in [2.24, 2.45) is 0 Å². The lowest BCUT2D eigenvalue weighted by Gasteiger charge is -2.40. The fraction of sp³-hybridized carbons (Fsp3) is 0.292. The molecule has 2 aliphatic rings. The van der Waals surface area contributed by atoms with Crippen LogP contribution in [0.1, 0.15) is 35.6 Å². The monoisotopic (exact) mass is 503 g/mol. The van der Waals surface area contributed by atoms with Crippen LogP contribution in [-0.4, -0.2) is 45.8 Å². The molecular formula is C24H20F3N3O4S. The van der Waals surface area contributed by atoms with E-state index in [0.29, 0.717) is 11.3 Å². The Kier molecular flexibility index (Phi) is 6.64. The van der Waals surface area contributed by atoms with Gasteiger partial charge in [-0.1, -0.05) is 12.1 Å². The van der Waals surface area contributed by atoms with E-state index in [1.165, 1.54) is 42.3 Å². The van der Waals surface area contributed by atoms with Crippen molar-refractivity contribution in [3.63, 3.8) is 0 Å². The molecule has 1 heterocycles. The average Bonchev–Trinajstić information content (AvgIpc) is 3.20. The van der Waals surface area contributed by atoms with E-state index < -0.39 is 35.0 Å². The summed E-state index contributed by atoms with van der Waals surface area (Å²) >= 11 is -1.72. The number of alkyl halides is 3. The number of aliphatic hydroxyl groups is 1. The zero-order valence-electron chi connectivity index (χ0n) is 18.5. The summed E-state index contributed by atoms with van der Waals surface area (Å²) in [4.78, 5) is 29.1. The number of amides is 2. The Balaban J connectivity index is 1.89. The summed E-state index contributed by atoms with van der Waals surface area (Å²) in [5, 5.41) is 18.6. The van der Waals surface area contributed by atoms with Gasteiger partial charge in [-0.25, -0.2) is 4.79 Å². The van der Waals surface area contributed by atoms with Crippen molar-refractivity contribution >= 4 is 28.7 Å². The quantitative estimate of drug-likeness (QED) is 0.623. The maximum absolute atomic E-state index is 13.5. The highest BCUT2D eigenvalue weighted by Crippen LogP contribution is 2.46. The minimum absolute atomic E-state index is 0.0127. The number of hydrogen-bond donors (Lipinski definition) is 1. The minimum atomic E-state index is -4.61. The number of likely N-dealkylation sites (N-methyl/N-ethyl adjacent to an activating group) is 1. The highest BCUT2D eigenvalue weighted by molar-refractivity contribution is 7.91. The van der Waals surface area contributed by atoms with Crippen LogP contribution >= 0.6 is 0 Å². The molecule has 1 N–H and O–H groups in total. The first-order valence-corrected chi connectivity index (χ1v) is 11.9. The van der Waals surface area contributed by atoms with Crippen LogP contribution in [0.4, 0.5) is 23.7 Å². The number of Topliss-reactive ketones (excluding diaryl/α,β-unsaturated/α-hetero) is 1. The Morgan fingerprint density at radius 3 is 2.60 bits per heavy atom. The van der Waals surface area contributed by atoms with Crippen LogP contribution in [0.15, 0.2) is 58.6 Å². The molecule has 1 unspecified atom stereocenters. The molecular weight excluding hydrogens is 483 g/mol. The summed E-state index contributed by atoms with van der Waals surface area (Å²) in [6.45, 7) is -0.377. The molecule has 11 heteroatoms. The predicted octanol–water partition coefficient (Wildman–Crippen LogP) is 3.91. The van der Waals surface area contributed by atoms with Crippen molar-refractivity contribution in [3.05, 3.63) is 70.4 Å². The van der Waals surface area contributed by atoms with Crippen molar-refractivity contribution in [3.8, 4) is 6.07 Å². The molecule has 0 bridgehead atoms. The summed E-state index contributed by atoms with van der Waals surface area (Å²) in [6.07, 6.45) is -4.38. The number of carbonyl (C=O) groups excluding carboxylic acids is 2. The number of aliphatic hydroxyl groups excluding tert-OH is 1. The number of urea groups is 1. The second-order valence-corrected chi connectivity index (χ2v) is 9.64. The van der Waals surface area contributed by atoms with E-state index in [1.807, 2.05) is 6.07 Å². The minimum Gasteiger partial charge on any atom is -0.611 e. The third kappa shape index (κ3) is 4.40. The van der Waals surface area contributed by atoms with Crippen molar-refractivity contribution < 1.29 is 32.4 Å². The molecule has 2 aromatic rings. The maximum atomic E-state index is 13.5. The number of ketones is 1. The topological polar surface area (TPSA) is 108 Å². The molecule has 0 radical (unpaired) electrons. The van der Waals surface area contributed by atoms with Gasteiger partial charge in [-0.15, -0.1) is 0 Å². The highest BCUT2D eigenvalue weighted by atomic mass is 32.2. The fourth-order valence-electron chi connectivity index (χ4n) is 4.45. The standard InChI is InChI=1S/C24H20F3N3O4S/c1-29-22(17-6-5-14(13-28)11-20(17)35(34)10-9-31)21-18(7-8-19(21)32)30(23(29)33)16-4-2-3-15(12-16)24(25,26)27/h2-6,11-12,22,31H,7-10H2,1H3/t22-,35?/m1/s1. The lowest BCUT2D eigenvalue weighted by Crippen LogP contribution is -2.48. The lowest BCUT2D eigenvalue weighted by molar-refractivity contribution is -0.137. The number of allylic oxidation sites excluding steroid dienone is 1. The molecule has 1 aliphatic heterocycles. The van der Waals surface area contributed by atoms with Crippen molar-refractivity contribution in [1.82, 2.24) is 4.90 Å². The molecule has 2 amide bonds. The maximum Gasteiger partial charge on any atom is 0.416 e. The summed E-state index contributed by atoms with van der Waals surface area (Å²) in [5.74, 6) is -0.382. The second-order valence-electron chi connectivity index (χ2n) is 8.10. The van der Waals surface area contributed by atoms with Crippen molar-refractivity contribution in [1.29, 1.82) is 5.26 Å². The van der Waals surface area contributed by atoms with E-state index in [-0.39, 0.29) is 52.7 Å². The van der Waals surface area contributed by atoms with Crippen LogP contribution < -0.4 is 4.90 Å². The molecule has 0 saturated carbocycles. The van der Waals surface area contributed by atoms with Gasteiger partial charge in [0.15, 0.2) is 10.7 Å². The van der Waals surface area contributed by atoms with Gasteiger partial charge in [0.2, 0.25) is 0 Å². The lowest BCUT2D eigenvalue weighted by atomic mass is 9.92. The molecule has 35 heavy (non-hydrogen) atoms.